The Hall–Kier alpha value is -3.40. The SMILES string of the molecule is Cn1ccn2c(=O)c(-c3ccc4cc5ccccc5cc4c3)[n+](C)c-2c1. The quantitative estimate of drug-likeness (QED) is 0.340. The molecule has 3 aromatic carbocycles. The Morgan fingerprint density at radius 3 is 2.31 bits per heavy atom. The van der Waals surface area contributed by atoms with Crippen LogP contribution in [0.25, 0.3) is 38.6 Å². The molecule has 0 aliphatic carbocycles. The van der Waals surface area contributed by atoms with E-state index in [1.807, 2.05) is 54.0 Å². The summed E-state index contributed by atoms with van der Waals surface area (Å²) in [6, 6.07) is 19.0. The van der Waals surface area contributed by atoms with Crippen LogP contribution in [0.15, 0.2) is 78.0 Å². The molecule has 26 heavy (non-hydrogen) atoms. The fourth-order valence-electron chi connectivity index (χ4n) is 3.73. The van der Waals surface area contributed by atoms with Gasteiger partial charge in [0.1, 0.15) is 6.20 Å². The minimum Gasteiger partial charge on any atom is -0.347 e. The third-order valence-corrected chi connectivity index (χ3v) is 5.10. The van der Waals surface area contributed by atoms with Crippen LogP contribution in [-0.4, -0.2) is 9.13 Å². The Morgan fingerprint density at radius 2 is 1.54 bits per heavy atom. The fraction of sp³-hybridized carbons (Fsp3) is 0.0909. The monoisotopic (exact) mass is 340 g/mol. The molecule has 0 amide bonds. The Morgan fingerprint density at radius 1 is 0.846 bits per heavy atom. The molecule has 0 unspecified atom stereocenters. The second kappa shape index (κ2) is 5.30. The maximum atomic E-state index is 12.9. The predicted octanol–water partition coefficient (Wildman–Crippen LogP) is 3.41. The normalized spacial score (nSPS) is 11.6. The molecular weight excluding hydrogens is 322 g/mol. The lowest BCUT2D eigenvalue weighted by molar-refractivity contribution is -0.650. The topological polar surface area (TPSA) is 30.8 Å². The molecule has 4 heteroatoms. The average molecular weight is 340 g/mol. The summed E-state index contributed by atoms with van der Waals surface area (Å²) in [5.74, 6) is 0.869. The molecule has 4 nitrogen and oxygen atoms in total. The number of aromatic nitrogens is 3. The molecule has 2 heterocycles. The van der Waals surface area contributed by atoms with Gasteiger partial charge < -0.3 is 4.57 Å². The number of fused-ring (bicyclic) bond motifs is 3. The van der Waals surface area contributed by atoms with Gasteiger partial charge in [0.15, 0.2) is 0 Å². The number of rotatable bonds is 1. The van der Waals surface area contributed by atoms with Gasteiger partial charge in [0.25, 0.3) is 0 Å². The summed E-state index contributed by atoms with van der Waals surface area (Å²) in [5.41, 5.74) is 1.64. The van der Waals surface area contributed by atoms with Crippen LogP contribution in [0.2, 0.25) is 0 Å². The minimum absolute atomic E-state index is 0.00300. The second-order valence-corrected chi connectivity index (χ2v) is 6.79. The van der Waals surface area contributed by atoms with Crippen LogP contribution in [0.4, 0.5) is 0 Å². The number of aryl methyl sites for hydroxylation is 1. The molecule has 0 fully saturated rings. The molecule has 2 aliphatic rings. The third-order valence-electron chi connectivity index (χ3n) is 5.10. The molecule has 0 spiro atoms. The summed E-state index contributed by atoms with van der Waals surface area (Å²) in [7, 11) is 3.90. The average Bonchev–Trinajstić information content (AvgIpc) is 2.89. The van der Waals surface area contributed by atoms with E-state index < -0.39 is 0 Å². The van der Waals surface area contributed by atoms with Gasteiger partial charge in [-0.15, -0.1) is 0 Å². The zero-order valence-corrected chi connectivity index (χ0v) is 14.7. The molecule has 0 radical (unpaired) electrons. The van der Waals surface area contributed by atoms with Crippen molar-refractivity contribution < 1.29 is 4.57 Å². The molecule has 0 aromatic heterocycles. The lowest BCUT2D eigenvalue weighted by Gasteiger charge is -2.04. The van der Waals surface area contributed by atoms with Gasteiger partial charge in [-0.3, -0.25) is 0 Å². The van der Waals surface area contributed by atoms with Crippen molar-refractivity contribution in [3.05, 3.63) is 83.5 Å². The molecule has 0 bridgehead atoms. The molecule has 5 rings (SSSR count). The number of nitrogens with zero attached hydrogens (tertiary/aromatic N) is 3. The van der Waals surface area contributed by atoms with Gasteiger partial charge in [-0.1, -0.05) is 30.3 Å². The first-order chi connectivity index (χ1) is 12.6. The van der Waals surface area contributed by atoms with Crippen molar-refractivity contribution in [3.63, 3.8) is 0 Å². The van der Waals surface area contributed by atoms with Gasteiger partial charge in [0, 0.05) is 18.8 Å². The lowest BCUT2D eigenvalue weighted by Crippen LogP contribution is -2.32. The Bertz CT molecular complexity index is 1330. The Kier molecular flexibility index (Phi) is 3.04. The zero-order chi connectivity index (χ0) is 17.8. The molecule has 126 valence electrons. The highest BCUT2D eigenvalue weighted by molar-refractivity contribution is 5.99. The highest BCUT2D eigenvalue weighted by atomic mass is 16.1. The first kappa shape index (κ1) is 14.9. The molecule has 0 atom stereocenters. The van der Waals surface area contributed by atoms with Gasteiger partial charge >= 0.3 is 11.4 Å². The summed E-state index contributed by atoms with van der Waals surface area (Å²) in [6.45, 7) is 0. The summed E-state index contributed by atoms with van der Waals surface area (Å²) in [6.07, 6.45) is 5.65. The van der Waals surface area contributed by atoms with Gasteiger partial charge in [-0.05, 0) is 45.8 Å². The fourth-order valence-corrected chi connectivity index (χ4v) is 3.73. The molecule has 3 aromatic rings. The first-order valence-corrected chi connectivity index (χ1v) is 8.61. The highest BCUT2D eigenvalue weighted by Gasteiger charge is 2.27. The van der Waals surface area contributed by atoms with Crippen LogP contribution in [-0.2, 0) is 14.1 Å². The van der Waals surface area contributed by atoms with Gasteiger partial charge in [0.2, 0.25) is 5.69 Å². The minimum atomic E-state index is 0.00300. The van der Waals surface area contributed by atoms with Crippen molar-refractivity contribution >= 4 is 21.5 Å². The molecule has 2 aliphatic heterocycles. The summed E-state index contributed by atoms with van der Waals surface area (Å²) in [4.78, 5) is 12.9. The van der Waals surface area contributed by atoms with Crippen molar-refractivity contribution in [1.29, 1.82) is 0 Å². The summed E-state index contributed by atoms with van der Waals surface area (Å²) < 4.78 is 5.61. The van der Waals surface area contributed by atoms with E-state index in [4.69, 9.17) is 0 Å². The number of benzene rings is 3. The zero-order valence-electron chi connectivity index (χ0n) is 14.7. The van der Waals surface area contributed by atoms with E-state index in [2.05, 4.69) is 42.5 Å². The van der Waals surface area contributed by atoms with Crippen molar-refractivity contribution in [2.24, 2.45) is 14.1 Å². The van der Waals surface area contributed by atoms with E-state index in [1.54, 1.807) is 4.57 Å². The second-order valence-electron chi connectivity index (χ2n) is 6.79. The molecule has 0 N–H and O–H groups in total. The summed E-state index contributed by atoms with van der Waals surface area (Å²) >= 11 is 0. The number of hydrogen-bond donors (Lipinski definition) is 0. The van der Waals surface area contributed by atoms with E-state index in [-0.39, 0.29) is 5.56 Å². The number of hydrogen-bond acceptors (Lipinski definition) is 1. The van der Waals surface area contributed by atoms with Gasteiger partial charge in [-0.25, -0.2) is 9.36 Å². The molecule has 0 saturated carbocycles. The van der Waals surface area contributed by atoms with Crippen LogP contribution in [0, 0.1) is 0 Å². The van der Waals surface area contributed by atoms with Crippen molar-refractivity contribution in [2.75, 3.05) is 0 Å². The van der Waals surface area contributed by atoms with Crippen LogP contribution >= 0.6 is 0 Å². The van der Waals surface area contributed by atoms with Gasteiger partial charge in [-0.2, -0.15) is 4.57 Å². The highest BCUT2D eigenvalue weighted by Crippen LogP contribution is 2.26. The lowest BCUT2D eigenvalue weighted by atomic mass is 10.0. The van der Waals surface area contributed by atoms with Crippen molar-refractivity contribution in [3.8, 4) is 17.1 Å². The Balaban J connectivity index is 1.80. The standard InChI is InChI=1S/C22H18N3O/c1-23-9-10-25-20(14-23)24(2)21(22(25)26)18-8-7-17-11-15-5-3-4-6-16(15)12-19(17)13-18/h3-14H,1-2H3/q+1. The van der Waals surface area contributed by atoms with E-state index in [0.29, 0.717) is 5.69 Å². The van der Waals surface area contributed by atoms with Crippen molar-refractivity contribution in [1.82, 2.24) is 9.13 Å². The van der Waals surface area contributed by atoms with Crippen molar-refractivity contribution in [2.45, 2.75) is 0 Å². The largest absolute Gasteiger partial charge is 0.386 e. The van der Waals surface area contributed by atoms with E-state index in [1.165, 1.54) is 16.2 Å². The third kappa shape index (κ3) is 2.09. The van der Waals surface area contributed by atoms with Crippen LogP contribution < -0.4 is 10.1 Å². The first-order valence-electron chi connectivity index (χ1n) is 8.61. The maximum absolute atomic E-state index is 12.9. The maximum Gasteiger partial charge on any atom is 0.386 e. The Labute approximate surface area is 150 Å². The van der Waals surface area contributed by atoms with Crippen LogP contribution in [0.3, 0.4) is 0 Å². The van der Waals surface area contributed by atoms with E-state index in [9.17, 15) is 4.79 Å². The van der Waals surface area contributed by atoms with E-state index in [0.717, 1.165) is 16.8 Å². The molecule has 0 saturated heterocycles. The van der Waals surface area contributed by atoms with Gasteiger partial charge in [0.05, 0.1) is 13.2 Å². The smallest absolute Gasteiger partial charge is 0.347 e. The molecular formula is C22H18N3O+. The van der Waals surface area contributed by atoms with Crippen LogP contribution in [0.1, 0.15) is 0 Å². The predicted molar refractivity (Wildman–Crippen MR) is 104 cm³/mol. The van der Waals surface area contributed by atoms with E-state index >= 15 is 0 Å². The van der Waals surface area contributed by atoms with Crippen LogP contribution in [0.5, 0.6) is 0 Å². The summed E-state index contributed by atoms with van der Waals surface area (Å²) in [5, 5.41) is 4.75. The number of imidazole rings is 1.